The summed E-state index contributed by atoms with van der Waals surface area (Å²) in [4.78, 5) is 49.7. The number of esters is 3. The maximum absolute atomic E-state index is 12.9. The van der Waals surface area contributed by atoms with Gasteiger partial charge in [0, 0.05) is 19.3 Å². The lowest BCUT2D eigenvalue weighted by Crippen LogP contribution is -2.69. The predicted octanol–water partition coefficient (Wildman–Crippen LogP) is 1.60. The number of ether oxygens (including phenoxy) is 3. The molecule has 9 nitrogen and oxygen atoms in total. The second-order valence-electron chi connectivity index (χ2n) is 9.86. The van der Waals surface area contributed by atoms with Crippen molar-refractivity contribution in [3.05, 3.63) is 23.8 Å². The van der Waals surface area contributed by atoms with E-state index in [2.05, 4.69) is 0 Å². The maximum Gasteiger partial charge on any atom is 0.309 e. The fourth-order valence-electron chi connectivity index (χ4n) is 5.86. The Hall–Kier alpha value is -2.52. The van der Waals surface area contributed by atoms with Gasteiger partial charge >= 0.3 is 17.9 Å². The van der Waals surface area contributed by atoms with Crippen molar-refractivity contribution >= 4 is 23.7 Å². The summed E-state index contributed by atoms with van der Waals surface area (Å²) in [5.41, 5.74) is -2.75. The number of rotatable bonds is 2. The topological polar surface area (TPSA) is 136 Å². The van der Waals surface area contributed by atoms with Crippen LogP contribution in [-0.2, 0) is 33.4 Å². The molecule has 0 bridgehead atoms. The average Bonchev–Trinajstić information content (AvgIpc) is 2.94. The zero-order valence-corrected chi connectivity index (χ0v) is 19.8. The number of hydrogen-bond donors (Lipinski definition) is 2. The van der Waals surface area contributed by atoms with Gasteiger partial charge in [0.2, 0.25) is 5.79 Å². The van der Waals surface area contributed by atoms with Crippen LogP contribution in [0.5, 0.6) is 0 Å². The van der Waals surface area contributed by atoms with Crippen molar-refractivity contribution in [2.75, 3.05) is 0 Å². The molecule has 2 aliphatic carbocycles. The Morgan fingerprint density at radius 3 is 2.36 bits per heavy atom. The highest BCUT2D eigenvalue weighted by Crippen LogP contribution is 2.56. The molecule has 3 aliphatic rings. The highest BCUT2D eigenvalue weighted by atomic mass is 16.7. The molecule has 1 fully saturated rings. The number of carbonyl (C=O) groups excluding carboxylic acids is 4. The summed E-state index contributed by atoms with van der Waals surface area (Å²) >= 11 is 0. The third kappa shape index (κ3) is 4.12. The van der Waals surface area contributed by atoms with Crippen LogP contribution in [0, 0.1) is 23.2 Å². The molecule has 1 aliphatic heterocycles. The van der Waals surface area contributed by atoms with Gasteiger partial charge in [-0.05, 0) is 38.8 Å². The van der Waals surface area contributed by atoms with Crippen molar-refractivity contribution in [3.63, 3.8) is 0 Å². The van der Waals surface area contributed by atoms with Crippen LogP contribution in [-0.4, -0.2) is 57.5 Å². The van der Waals surface area contributed by atoms with Gasteiger partial charge in [0.25, 0.3) is 0 Å². The van der Waals surface area contributed by atoms with Crippen molar-refractivity contribution in [3.8, 4) is 0 Å². The Kier molecular flexibility index (Phi) is 6.36. The second kappa shape index (κ2) is 8.36. The minimum absolute atomic E-state index is 0.292. The van der Waals surface area contributed by atoms with Crippen molar-refractivity contribution in [1.82, 2.24) is 0 Å². The predicted molar refractivity (Wildman–Crippen MR) is 114 cm³/mol. The number of aliphatic hydroxyl groups is 2. The van der Waals surface area contributed by atoms with E-state index in [4.69, 9.17) is 14.2 Å². The Labute approximate surface area is 192 Å². The van der Waals surface area contributed by atoms with E-state index < -0.39 is 70.5 Å². The molecule has 0 radical (unpaired) electrons. The summed E-state index contributed by atoms with van der Waals surface area (Å²) in [5, 5.41) is 23.7. The highest BCUT2D eigenvalue weighted by molar-refractivity contribution is 5.98. The second-order valence-corrected chi connectivity index (χ2v) is 9.86. The third-order valence-electron chi connectivity index (χ3n) is 7.24. The van der Waals surface area contributed by atoms with E-state index in [1.165, 1.54) is 32.9 Å². The lowest BCUT2D eigenvalue weighted by molar-refractivity contribution is -0.309. The molecule has 0 aromatic heterocycles. The highest BCUT2D eigenvalue weighted by Gasteiger charge is 2.70. The summed E-state index contributed by atoms with van der Waals surface area (Å²) in [6.07, 6.45) is 3.26. The molecule has 1 saturated heterocycles. The molecule has 182 valence electrons. The standard InChI is InChI=1S/C24H32O9/c1-12-7-8-18(31-14(3)25)22(5)10-9-17(27)23(6,29)21(22)24(30,33-15(4)26)19-13(2)20(28)32-16(19)11-12/h9-11,13,16,18-19,21,29-30H,7-8H2,1-6H3/b12-11-/t13-,16+,18+,19+,21+,22-,23-,24-/m1/s1. The number of hydrogen-bond acceptors (Lipinski definition) is 9. The molecule has 0 aromatic rings. The zero-order chi connectivity index (χ0) is 24.9. The molecular formula is C24H32O9. The van der Waals surface area contributed by atoms with Crippen LogP contribution in [0.25, 0.3) is 0 Å². The molecule has 0 spiro atoms. The van der Waals surface area contributed by atoms with E-state index in [0.29, 0.717) is 12.8 Å². The Morgan fingerprint density at radius 1 is 1.15 bits per heavy atom. The van der Waals surface area contributed by atoms with Crippen molar-refractivity contribution < 1.29 is 43.6 Å². The first-order valence-electron chi connectivity index (χ1n) is 11.1. The first-order valence-corrected chi connectivity index (χ1v) is 11.1. The molecule has 0 unspecified atom stereocenters. The van der Waals surface area contributed by atoms with E-state index in [-0.39, 0.29) is 0 Å². The van der Waals surface area contributed by atoms with Crippen LogP contribution in [0.15, 0.2) is 23.8 Å². The summed E-state index contributed by atoms with van der Waals surface area (Å²) in [6, 6.07) is 0. The van der Waals surface area contributed by atoms with Crippen LogP contribution in [0.1, 0.15) is 54.4 Å². The monoisotopic (exact) mass is 464 g/mol. The van der Waals surface area contributed by atoms with Crippen LogP contribution in [0.4, 0.5) is 0 Å². The number of ketones is 1. The van der Waals surface area contributed by atoms with Crippen LogP contribution in [0.3, 0.4) is 0 Å². The lowest BCUT2D eigenvalue weighted by atomic mass is 9.54. The number of carbonyl (C=O) groups is 4. The molecule has 1 heterocycles. The first-order chi connectivity index (χ1) is 15.1. The van der Waals surface area contributed by atoms with E-state index in [1.807, 2.05) is 6.92 Å². The van der Waals surface area contributed by atoms with Gasteiger partial charge in [0.15, 0.2) is 5.78 Å². The van der Waals surface area contributed by atoms with Gasteiger partial charge in [-0.3, -0.25) is 19.2 Å². The van der Waals surface area contributed by atoms with Gasteiger partial charge < -0.3 is 24.4 Å². The molecule has 9 heteroatoms. The van der Waals surface area contributed by atoms with Gasteiger partial charge in [-0.25, -0.2) is 0 Å². The average molecular weight is 465 g/mol. The minimum Gasteiger partial charge on any atom is -0.462 e. The molecule has 3 rings (SSSR count). The quantitative estimate of drug-likeness (QED) is 0.270. The van der Waals surface area contributed by atoms with Crippen LogP contribution < -0.4 is 0 Å². The van der Waals surface area contributed by atoms with Gasteiger partial charge in [0.1, 0.15) is 17.8 Å². The van der Waals surface area contributed by atoms with Crippen LogP contribution >= 0.6 is 0 Å². The van der Waals surface area contributed by atoms with Gasteiger partial charge in [-0.1, -0.05) is 25.5 Å². The van der Waals surface area contributed by atoms with E-state index >= 15 is 0 Å². The van der Waals surface area contributed by atoms with Crippen molar-refractivity contribution in [2.45, 2.75) is 78.0 Å². The number of fused-ring (bicyclic) bond motifs is 2. The maximum atomic E-state index is 12.9. The fourth-order valence-corrected chi connectivity index (χ4v) is 5.86. The third-order valence-corrected chi connectivity index (χ3v) is 7.24. The van der Waals surface area contributed by atoms with Crippen molar-refractivity contribution in [2.24, 2.45) is 23.2 Å². The molecule has 2 N–H and O–H groups in total. The SMILES string of the molecule is CC(=O)O[C@H]1CC/C(C)=C\[C@@H]2OC(=O)[C@H](C)[C@@H]2[C@@](O)(OC(C)=O)[C@H]2[C@]1(C)C=CC(=O)[C@@]2(C)O. The number of allylic oxidation sites excluding steroid dienone is 1. The molecule has 33 heavy (non-hydrogen) atoms. The zero-order valence-electron chi connectivity index (χ0n) is 19.8. The summed E-state index contributed by atoms with van der Waals surface area (Å²) < 4.78 is 16.7. The molecule has 0 saturated carbocycles. The smallest absolute Gasteiger partial charge is 0.309 e. The van der Waals surface area contributed by atoms with E-state index in [1.54, 1.807) is 13.0 Å². The van der Waals surface area contributed by atoms with Gasteiger partial charge in [-0.2, -0.15) is 0 Å². The largest absolute Gasteiger partial charge is 0.462 e. The Balaban J connectivity index is 2.37. The minimum atomic E-state index is -2.52. The van der Waals surface area contributed by atoms with Gasteiger partial charge in [-0.15, -0.1) is 0 Å². The normalized spacial score (nSPS) is 44.6. The molecule has 8 atom stereocenters. The van der Waals surface area contributed by atoms with Crippen LogP contribution in [0.2, 0.25) is 0 Å². The fraction of sp³-hybridized carbons (Fsp3) is 0.667. The first kappa shape index (κ1) is 25.1. The van der Waals surface area contributed by atoms with E-state index in [9.17, 15) is 29.4 Å². The van der Waals surface area contributed by atoms with E-state index in [0.717, 1.165) is 12.5 Å². The van der Waals surface area contributed by atoms with Gasteiger partial charge in [0.05, 0.1) is 17.8 Å². The summed E-state index contributed by atoms with van der Waals surface area (Å²) in [6.45, 7) is 8.55. The van der Waals surface area contributed by atoms with Crippen molar-refractivity contribution in [1.29, 1.82) is 0 Å². The molecular weight excluding hydrogens is 432 g/mol. The molecule has 0 amide bonds. The Bertz CT molecular complexity index is 932. The Morgan fingerprint density at radius 2 is 1.79 bits per heavy atom. The summed E-state index contributed by atoms with van der Waals surface area (Å²) in [5.74, 6) is -8.82. The molecule has 0 aromatic carbocycles. The lowest BCUT2D eigenvalue weighted by Gasteiger charge is -2.56. The summed E-state index contributed by atoms with van der Waals surface area (Å²) in [7, 11) is 0.